The Hall–Kier alpha value is -0.590. The summed E-state index contributed by atoms with van der Waals surface area (Å²) >= 11 is 0. The second kappa shape index (κ2) is 5.65. The van der Waals surface area contributed by atoms with E-state index >= 15 is 0 Å². The van der Waals surface area contributed by atoms with Crippen molar-refractivity contribution in [1.29, 1.82) is 0 Å². The Balaban J connectivity index is 2.80. The predicted molar refractivity (Wildman–Crippen MR) is 73.0 cm³/mol. The molecule has 0 bridgehead atoms. The number of nitrogens with zero attached hydrogens (tertiary/aromatic N) is 1. The second-order valence-corrected chi connectivity index (χ2v) is 6.12. The van der Waals surface area contributed by atoms with Crippen LogP contribution in [0.3, 0.4) is 0 Å². The lowest BCUT2D eigenvalue weighted by atomic mass is 9.80. The molecule has 1 aliphatic rings. The van der Waals surface area contributed by atoms with E-state index in [0.717, 1.165) is 5.92 Å². The number of hydrogen-bond acceptors (Lipinski definition) is 1. The van der Waals surface area contributed by atoms with E-state index in [4.69, 9.17) is 4.99 Å². The van der Waals surface area contributed by atoms with Gasteiger partial charge >= 0.3 is 0 Å². The molecule has 0 N–H and O–H groups in total. The summed E-state index contributed by atoms with van der Waals surface area (Å²) in [6, 6.07) is 0.502. The van der Waals surface area contributed by atoms with Gasteiger partial charge in [0.1, 0.15) is 0 Å². The van der Waals surface area contributed by atoms with Crippen LogP contribution >= 0.6 is 0 Å². The van der Waals surface area contributed by atoms with Gasteiger partial charge < -0.3 is 0 Å². The fourth-order valence-corrected chi connectivity index (χ4v) is 2.34. The molecule has 92 valence electrons. The van der Waals surface area contributed by atoms with Crippen LogP contribution in [0.5, 0.6) is 0 Å². The van der Waals surface area contributed by atoms with E-state index in [1.54, 1.807) is 0 Å². The highest BCUT2D eigenvalue weighted by Gasteiger charge is 2.26. The molecule has 1 nitrogen and oxygen atoms in total. The largest absolute Gasteiger partial charge is 0.289 e. The molecule has 2 unspecified atom stereocenters. The number of dihydropyridines is 1. The summed E-state index contributed by atoms with van der Waals surface area (Å²) in [6.45, 7) is 13.7. The lowest BCUT2D eigenvalue weighted by Crippen LogP contribution is -2.27. The van der Waals surface area contributed by atoms with Gasteiger partial charge in [-0.05, 0) is 29.7 Å². The molecule has 2 atom stereocenters. The smallest absolute Gasteiger partial charge is 0.0567 e. The average Bonchev–Trinajstić information content (AvgIpc) is 2.16. The van der Waals surface area contributed by atoms with Crippen LogP contribution in [0.15, 0.2) is 16.6 Å². The first-order chi connectivity index (χ1) is 7.41. The summed E-state index contributed by atoms with van der Waals surface area (Å²) in [6.07, 6.45) is 5.78. The first-order valence-corrected chi connectivity index (χ1v) is 6.66. The summed E-state index contributed by atoms with van der Waals surface area (Å²) in [5.41, 5.74) is 1.42. The van der Waals surface area contributed by atoms with Gasteiger partial charge in [0.25, 0.3) is 0 Å². The molecule has 0 aliphatic carbocycles. The molecule has 0 fully saturated rings. The molecular formula is C15H27N. The minimum absolute atomic E-state index is 0.502. The quantitative estimate of drug-likeness (QED) is 0.669. The molecule has 16 heavy (non-hydrogen) atoms. The molecule has 0 spiro atoms. The maximum Gasteiger partial charge on any atom is 0.0567 e. The van der Waals surface area contributed by atoms with Crippen molar-refractivity contribution < 1.29 is 0 Å². The topological polar surface area (TPSA) is 12.4 Å². The molecule has 0 aromatic heterocycles. The summed E-state index contributed by atoms with van der Waals surface area (Å²) < 4.78 is 0. The van der Waals surface area contributed by atoms with Crippen LogP contribution in [0.2, 0.25) is 0 Å². The van der Waals surface area contributed by atoms with Crippen molar-refractivity contribution in [2.75, 3.05) is 0 Å². The molecule has 1 rings (SSSR count). The van der Waals surface area contributed by atoms with Gasteiger partial charge in [0.2, 0.25) is 0 Å². The third kappa shape index (κ3) is 3.47. The molecule has 0 saturated heterocycles. The van der Waals surface area contributed by atoms with Gasteiger partial charge in [0.15, 0.2) is 0 Å². The molecule has 0 amide bonds. The van der Waals surface area contributed by atoms with E-state index < -0.39 is 0 Å². The van der Waals surface area contributed by atoms with E-state index in [1.165, 1.54) is 12.0 Å². The van der Waals surface area contributed by atoms with E-state index in [2.05, 4.69) is 53.8 Å². The minimum Gasteiger partial charge on any atom is -0.289 e. The van der Waals surface area contributed by atoms with Crippen molar-refractivity contribution in [3.63, 3.8) is 0 Å². The Labute approximate surface area is 101 Å². The third-order valence-corrected chi connectivity index (χ3v) is 3.39. The highest BCUT2D eigenvalue weighted by atomic mass is 14.8. The maximum absolute atomic E-state index is 4.78. The van der Waals surface area contributed by atoms with Crippen molar-refractivity contribution in [3.05, 3.63) is 11.6 Å². The lowest BCUT2D eigenvalue weighted by molar-refractivity contribution is 0.338. The Bertz CT molecular complexity index is 271. The molecule has 0 radical (unpaired) electrons. The Kier molecular flexibility index (Phi) is 4.76. The fourth-order valence-electron chi connectivity index (χ4n) is 2.34. The van der Waals surface area contributed by atoms with Gasteiger partial charge in [0, 0.05) is 12.1 Å². The van der Waals surface area contributed by atoms with E-state index in [0.29, 0.717) is 23.8 Å². The predicted octanol–water partition coefficient (Wildman–Crippen LogP) is 4.34. The molecule has 0 aromatic carbocycles. The number of hydrogen-bond donors (Lipinski definition) is 0. The highest BCUT2D eigenvalue weighted by molar-refractivity contribution is 5.80. The molecule has 0 saturated carbocycles. The van der Waals surface area contributed by atoms with Gasteiger partial charge in [-0.15, -0.1) is 0 Å². The first-order valence-electron chi connectivity index (χ1n) is 6.66. The van der Waals surface area contributed by atoms with Crippen molar-refractivity contribution in [1.82, 2.24) is 0 Å². The van der Waals surface area contributed by atoms with Crippen molar-refractivity contribution in [2.45, 2.75) is 54.0 Å². The van der Waals surface area contributed by atoms with Crippen LogP contribution in [0.25, 0.3) is 0 Å². The summed E-state index contributed by atoms with van der Waals surface area (Å²) in [7, 11) is 0. The zero-order chi connectivity index (χ0) is 12.3. The van der Waals surface area contributed by atoms with Gasteiger partial charge in [-0.1, -0.05) is 47.6 Å². The van der Waals surface area contributed by atoms with Crippen molar-refractivity contribution in [3.8, 4) is 0 Å². The van der Waals surface area contributed by atoms with E-state index in [1.807, 2.05) is 0 Å². The van der Waals surface area contributed by atoms with Gasteiger partial charge in [-0.25, -0.2) is 0 Å². The Morgan fingerprint density at radius 1 is 1.12 bits per heavy atom. The average molecular weight is 221 g/mol. The van der Waals surface area contributed by atoms with Crippen molar-refractivity contribution in [2.24, 2.45) is 28.7 Å². The molecular weight excluding hydrogens is 194 g/mol. The summed E-state index contributed by atoms with van der Waals surface area (Å²) in [5.74, 6) is 2.65. The Morgan fingerprint density at radius 2 is 1.75 bits per heavy atom. The van der Waals surface area contributed by atoms with Crippen LogP contribution in [-0.2, 0) is 0 Å². The zero-order valence-corrected chi connectivity index (χ0v) is 11.7. The number of aliphatic imine (C=N–C) groups is 1. The summed E-state index contributed by atoms with van der Waals surface area (Å²) in [5, 5.41) is 0. The summed E-state index contributed by atoms with van der Waals surface area (Å²) in [4.78, 5) is 4.78. The molecule has 1 aliphatic heterocycles. The lowest BCUT2D eigenvalue weighted by Gasteiger charge is -2.30. The normalized spacial score (nSPS) is 25.7. The molecule has 1 heteroatoms. The SMILES string of the molecule is CC(C)CC1N=CC(C(C)C)=CC1C(C)C. The van der Waals surface area contributed by atoms with E-state index in [-0.39, 0.29) is 0 Å². The zero-order valence-electron chi connectivity index (χ0n) is 11.7. The number of allylic oxidation sites excluding steroid dienone is 1. The molecule has 0 aromatic rings. The van der Waals surface area contributed by atoms with Crippen LogP contribution < -0.4 is 0 Å². The first kappa shape index (κ1) is 13.5. The van der Waals surface area contributed by atoms with E-state index in [9.17, 15) is 0 Å². The van der Waals surface area contributed by atoms with Crippen molar-refractivity contribution >= 4 is 6.21 Å². The van der Waals surface area contributed by atoms with Gasteiger partial charge in [0.05, 0.1) is 6.04 Å². The third-order valence-electron chi connectivity index (χ3n) is 3.39. The highest BCUT2D eigenvalue weighted by Crippen LogP contribution is 2.30. The standard InChI is InChI=1S/C15H27N/c1-10(2)7-15-14(12(5)6)8-13(9-16-15)11(3)4/h8-12,14-15H,7H2,1-6H3. The monoisotopic (exact) mass is 221 g/mol. The molecule has 1 heterocycles. The van der Waals surface area contributed by atoms with Crippen LogP contribution in [0, 0.1) is 23.7 Å². The number of rotatable bonds is 4. The maximum atomic E-state index is 4.78. The fraction of sp³-hybridized carbons (Fsp3) is 0.800. The van der Waals surface area contributed by atoms with Gasteiger partial charge in [-0.3, -0.25) is 4.99 Å². The van der Waals surface area contributed by atoms with Crippen LogP contribution in [0.1, 0.15) is 48.0 Å². The Morgan fingerprint density at radius 3 is 2.19 bits per heavy atom. The minimum atomic E-state index is 0.502. The van der Waals surface area contributed by atoms with Gasteiger partial charge in [-0.2, -0.15) is 0 Å². The van der Waals surface area contributed by atoms with Crippen LogP contribution in [0.4, 0.5) is 0 Å². The van der Waals surface area contributed by atoms with Crippen LogP contribution in [-0.4, -0.2) is 12.3 Å². The second-order valence-electron chi connectivity index (χ2n) is 6.12.